The zero-order chi connectivity index (χ0) is 16.1. The van der Waals surface area contributed by atoms with E-state index in [1.165, 1.54) is 6.20 Å². The summed E-state index contributed by atoms with van der Waals surface area (Å²) in [5.74, 6) is 5.70. The third-order valence-corrected chi connectivity index (χ3v) is 3.35. The van der Waals surface area contributed by atoms with Crippen molar-refractivity contribution in [1.29, 1.82) is 0 Å². The molecule has 3 rings (SSSR count). The van der Waals surface area contributed by atoms with E-state index in [0.717, 1.165) is 23.1 Å². The summed E-state index contributed by atoms with van der Waals surface area (Å²) in [5.41, 5.74) is 2.63. The lowest BCUT2D eigenvalue weighted by molar-refractivity contribution is 0.0958. The van der Waals surface area contributed by atoms with Crippen LogP contribution in [0.4, 0.5) is 0 Å². The normalized spacial score (nSPS) is 10.1. The molecule has 0 aliphatic rings. The van der Waals surface area contributed by atoms with Gasteiger partial charge >= 0.3 is 0 Å². The lowest BCUT2D eigenvalue weighted by atomic mass is 10.1. The molecule has 0 saturated carbocycles. The lowest BCUT2D eigenvalue weighted by Gasteiger charge is -2.00. The number of hydrogen-bond donors (Lipinski definition) is 1. The monoisotopic (exact) mass is 305 g/mol. The molecule has 0 fully saturated rings. The quantitative estimate of drug-likeness (QED) is 0.755. The summed E-state index contributed by atoms with van der Waals surface area (Å²) in [7, 11) is 0. The molecule has 5 nitrogen and oxygen atoms in total. The standard InChI is InChI=1S/C18H15N3O2/c1-2-16-15-11-14(12-20-18(15)23-21-16)17(22)19-10-6-9-13-7-4-3-5-8-13/h3-5,7-8,11-12H,2,10H2,1H3,(H,19,22). The predicted octanol–water partition coefficient (Wildman–Crippen LogP) is 2.57. The van der Waals surface area contributed by atoms with Crippen LogP contribution in [-0.4, -0.2) is 22.6 Å². The van der Waals surface area contributed by atoms with Gasteiger partial charge < -0.3 is 9.84 Å². The van der Waals surface area contributed by atoms with Gasteiger partial charge in [0.2, 0.25) is 0 Å². The van der Waals surface area contributed by atoms with Gasteiger partial charge in [0.25, 0.3) is 11.6 Å². The van der Waals surface area contributed by atoms with Crippen molar-refractivity contribution in [2.24, 2.45) is 0 Å². The Kier molecular flexibility index (Phi) is 4.34. The summed E-state index contributed by atoms with van der Waals surface area (Å²) >= 11 is 0. The highest BCUT2D eigenvalue weighted by molar-refractivity contribution is 5.97. The molecule has 2 heterocycles. The first-order chi connectivity index (χ1) is 11.3. The molecule has 5 heteroatoms. The molecule has 1 N–H and O–H groups in total. The maximum Gasteiger partial charge on any atom is 0.257 e. The number of benzene rings is 1. The van der Waals surface area contributed by atoms with Crippen LogP contribution < -0.4 is 5.32 Å². The first-order valence-corrected chi connectivity index (χ1v) is 7.34. The molecule has 0 aliphatic heterocycles. The van der Waals surface area contributed by atoms with Crippen molar-refractivity contribution >= 4 is 17.0 Å². The van der Waals surface area contributed by atoms with Crippen LogP contribution in [0.5, 0.6) is 0 Å². The second-order valence-electron chi connectivity index (χ2n) is 4.91. The maximum absolute atomic E-state index is 12.2. The minimum absolute atomic E-state index is 0.218. The van der Waals surface area contributed by atoms with Crippen LogP contribution in [-0.2, 0) is 6.42 Å². The fourth-order valence-corrected chi connectivity index (χ4v) is 2.15. The Labute approximate surface area is 133 Å². The van der Waals surface area contributed by atoms with E-state index in [9.17, 15) is 4.79 Å². The molecular weight excluding hydrogens is 290 g/mol. The molecule has 114 valence electrons. The molecule has 1 aromatic carbocycles. The highest BCUT2D eigenvalue weighted by atomic mass is 16.5. The number of hydrogen-bond acceptors (Lipinski definition) is 4. The summed E-state index contributed by atoms with van der Waals surface area (Å²) in [5, 5.41) is 7.47. The molecule has 0 saturated heterocycles. The van der Waals surface area contributed by atoms with Crippen molar-refractivity contribution in [2.75, 3.05) is 6.54 Å². The number of carbonyl (C=O) groups excluding carboxylic acids is 1. The fraction of sp³-hybridized carbons (Fsp3) is 0.167. The second-order valence-corrected chi connectivity index (χ2v) is 4.91. The van der Waals surface area contributed by atoms with Crippen molar-refractivity contribution in [2.45, 2.75) is 13.3 Å². The lowest BCUT2D eigenvalue weighted by Crippen LogP contribution is -2.23. The Morgan fingerprint density at radius 2 is 2.13 bits per heavy atom. The first kappa shape index (κ1) is 14.8. The van der Waals surface area contributed by atoms with Gasteiger partial charge in [-0.15, -0.1) is 0 Å². The Morgan fingerprint density at radius 3 is 2.91 bits per heavy atom. The minimum Gasteiger partial charge on any atom is -0.341 e. The molecular formula is C18H15N3O2. The third kappa shape index (κ3) is 3.38. The van der Waals surface area contributed by atoms with E-state index in [0.29, 0.717) is 11.3 Å². The Morgan fingerprint density at radius 1 is 1.30 bits per heavy atom. The van der Waals surface area contributed by atoms with Gasteiger partial charge in [0, 0.05) is 11.8 Å². The number of nitrogens with one attached hydrogen (secondary N) is 1. The van der Waals surface area contributed by atoms with E-state index < -0.39 is 0 Å². The van der Waals surface area contributed by atoms with Crippen LogP contribution in [0.2, 0.25) is 0 Å². The van der Waals surface area contributed by atoms with Gasteiger partial charge in [-0.2, -0.15) is 0 Å². The second kappa shape index (κ2) is 6.75. The zero-order valence-corrected chi connectivity index (χ0v) is 12.7. The van der Waals surface area contributed by atoms with E-state index in [-0.39, 0.29) is 12.5 Å². The number of carbonyl (C=O) groups is 1. The van der Waals surface area contributed by atoms with Crippen molar-refractivity contribution in [3.05, 3.63) is 59.4 Å². The van der Waals surface area contributed by atoms with Crippen molar-refractivity contribution < 1.29 is 9.32 Å². The number of aryl methyl sites for hydroxylation is 1. The summed E-state index contributed by atoms with van der Waals surface area (Å²) in [6, 6.07) is 11.4. The topological polar surface area (TPSA) is 68.0 Å². The molecule has 1 amide bonds. The fourth-order valence-electron chi connectivity index (χ4n) is 2.15. The van der Waals surface area contributed by atoms with Crippen LogP contribution in [0.1, 0.15) is 28.5 Å². The number of fused-ring (bicyclic) bond motifs is 1. The van der Waals surface area contributed by atoms with Crippen LogP contribution in [0.15, 0.2) is 47.1 Å². The average Bonchev–Trinajstić information content (AvgIpc) is 3.01. The van der Waals surface area contributed by atoms with Gasteiger partial charge in [-0.25, -0.2) is 4.98 Å². The van der Waals surface area contributed by atoms with Crippen LogP contribution in [0.3, 0.4) is 0 Å². The third-order valence-electron chi connectivity index (χ3n) is 3.35. The molecule has 0 radical (unpaired) electrons. The first-order valence-electron chi connectivity index (χ1n) is 7.34. The van der Waals surface area contributed by atoms with Crippen molar-refractivity contribution in [1.82, 2.24) is 15.5 Å². The van der Waals surface area contributed by atoms with E-state index >= 15 is 0 Å². The van der Waals surface area contributed by atoms with Crippen LogP contribution in [0, 0.1) is 11.8 Å². The van der Waals surface area contributed by atoms with E-state index in [2.05, 4.69) is 27.3 Å². The van der Waals surface area contributed by atoms with Gasteiger partial charge in [0.05, 0.1) is 23.2 Å². The number of aromatic nitrogens is 2. The minimum atomic E-state index is -0.218. The molecule has 23 heavy (non-hydrogen) atoms. The number of pyridine rings is 1. The summed E-state index contributed by atoms with van der Waals surface area (Å²) in [6.07, 6.45) is 2.20. The number of rotatable bonds is 3. The van der Waals surface area contributed by atoms with Crippen LogP contribution >= 0.6 is 0 Å². The van der Waals surface area contributed by atoms with E-state index in [4.69, 9.17) is 4.52 Å². The zero-order valence-electron chi connectivity index (χ0n) is 12.7. The largest absolute Gasteiger partial charge is 0.341 e. The molecule has 0 bridgehead atoms. The van der Waals surface area contributed by atoms with Gasteiger partial charge in [0.15, 0.2) is 0 Å². The van der Waals surface area contributed by atoms with E-state index in [1.54, 1.807) is 6.07 Å². The number of amides is 1. The Hall–Kier alpha value is -3.13. The molecule has 0 aliphatic carbocycles. The van der Waals surface area contributed by atoms with Gasteiger partial charge in [0.1, 0.15) is 0 Å². The van der Waals surface area contributed by atoms with Gasteiger partial charge in [-0.3, -0.25) is 4.79 Å². The Balaban J connectivity index is 1.68. The molecule has 0 unspecified atom stereocenters. The molecule has 2 aromatic heterocycles. The summed E-state index contributed by atoms with van der Waals surface area (Å²) in [4.78, 5) is 16.3. The van der Waals surface area contributed by atoms with Crippen molar-refractivity contribution in [3.63, 3.8) is 0 Å². The summed E-state index contributed by atoms with van der Waals surface area (Å²) in [6.45, 7) is 2.25. The van der Waals surface area contributed by atoms with Crippen LogP contribution in [0.25, 0.3) is 11.1 Å². The smallest absolute Gasteiger partial charge is 0.257 e. The highest BCUT2D eigenvalue weighted by Gasteiger charge is 2.12. The van der Waals surface area contributed by atoms with Crippen molar-refractivity contribution in [3.8, 4) is 11.8 Å². The van der Waals surface area contributed by atoms with Gasteiger partial charge in [-0.1, -0.05) is 42.1 Å². The van der Waals surface area contributed by atoms with E-state index in [1.807, 2.05) is 37.3 Å². The van der Waals surface area contributed by atoms with Gasteiger partial charge in [-0.05, 0) is 24.6 Å². The maximum atomic E-state index is 12.2. The molecule has 3 aromatic rings. The molecule has 0 atom stereocenters. The predicted molar refractivity (Wildman–Crippen MR) is 86.8 cm³/mol. The Bertz CT molecular complexity index is 889. The number of nitrogens with zero attached hydrogens (tertiary/aromatic N) is 2. The molecule has 0 spiro atoms. The SMILES string of the molecule is CCc1noc2ncc(C(=O)NCC#Cc3ccccc3)cc12. The average molecular weight is 305 g/mol. The highest BCUT2D eigenvalue weighted by Crippen LogP contribution is 2.17. The summed E-state index contributed by atoms with van der Waals surface area (Å²) < 4.78 is 5.11.